The maximum atomic E-state index is 13.2. The summed E-state index contributed by atoms with van der Waals surface area (Å²) in [5.41, 5.74) is 0.695. The Hall–Kier alpha value is -1.63. The fourth-order valence-electron chi connectivity index (χ4n) is 2.80. The van der Waals surface area contributed by atoms with E-state index >= 15 is 0 Å². The Morgan fingerprint density at radius 3 is 2.72 bits per heavy atom. The van der Waals surface area contributed by atoms with Crippen molar-refractivity contribution in [1.82, 2.24) is 0 Å². The second-order valence-corrected chi connectivity index (χ2v) is 8.05. The molecule has 0 amide bonds. The summed E-state index contributed by atoms with van der Waals surface area (Å²) in [5, 5.41) is 13.3. The van der Waals surface area contributed by atoms with E-state index in [9.17, 15) is 9.18 Å². The van der Waals surface area contributed by atoms with Crippen LogP contribution in [-0.2, 0) is 15.1 Å². The molecule has 1 aliphatic rings. The molecule has 3 rings (SSSR count). The summed E-state index contributed by atoms with van der Waals surface area (Å²) in [6.07, 6.45) is 2.12. The number of rotatable bonds is 7. The summed E-state index contributed by atoms with van der Waals surface area (Å²) in [6.45, 7) is 1.82. The summed E-state index contributed by atoms with van der Waals surface area (Å²) in [6, 6.07) is 7.89. The maximum absolute atomic E-state index is 13.2. The maximum Gasteiger partial charge on any atom is 0.206 e. The van der Waals surface area contributed by atoms with Crippen LogP contribution in [-0.4, -0.2) is 23.2 Å². The normalized spacial score (nSPS) is 21.1. The van der Waals surface area contributed by atoms with Crippen LogP contribution in [0.25, 0.3) is 0 Å². The van der Waals surface area contributed by atoms with Gasteiger partial charge in [-0.25, -0.2) is 4.39 Å². The summed E-state index contributed by atoms with van der Waals surface area (Å²) in [7, 11) is 0. The molecule has 25 heavy (non-hydrogen) atoms. The first-order valence-electron chi connectivity index (χ1n) is 7.97. The van der Waals surface area contributed by atoms with Crippen molar-refractivity contribution < 1.29 is 19.0 Å². The number of aliphatic hydroxyl groups is 1. The molecule has 2 heterocycles. The highest BCUT2D eigenvalue weighted by Gasteiger charge is 2.42. The lowest BCUT2D eigenvalue weighted by atomic mass is 9.92. The molecule has 1 aliphatic heterocycles. The molecule has 0 bridgehead atoms. The minimum absolute atomic E-state index is 0.109. The van der Waals surface area contributed by atoms with Gasteiger partial charge in [0.25, 0.3) is 0 Å². The molecule has 2 unspecified atom stereocenters. The van der Waals surface area contributed by atoms with Crippen LogP contribution in [0.2, 0.25) is 0 Å². The van der Waals surface area contributed by atoms with Gasteiger partial charge < -0.3 is 9.84 Å². The minimum Gasteiger partial charge on any atom is -0.479 e. The van der Waals surface area contributed by atoms with E-state index in [1.807, 2.05) is 5.38 Å². The van der Waals surface area contributed by atoms with Gasteiger partial charge in [0.1, 0.15) is 11.6 Å². The van der Waals surface area contributed by atoms with Gasteiger partial charge >= 0.3 is 0 Å². The number of ketones is 1. The Labute approximate surface area is 154 Å². The van der Waals surface area contributed by atoms with Gasteiger partial charge in [-0.1, -0.05) is 12.1 Å². The molecule has 1 aromatic carbocycles. The Balaban J connectivity index is 1.76. The molecule has 0 fully saturated rings. The molecule has 132 valence electrons. The zero-order valence-corrected chi connectivity index (χ0v) is 15.4. The van der Waals surface area contributed by atoms with Crippen molar-refractivity contribution in [3.8, 4) is 0 Å². The first-order valence-corrected chi connectivity index (χ1v) is 9.96. The van der Waals surface area contributed by atoms with Crippen LogP contribution in [0.4, 0.5) is 4.39 Å². The lowest BCUT2D eigenvalue weighted by Crippen LogP contribution is -2.29. The Bertz CT molecular complexity index is 755. The predicted octanol–water partition coefficient (Wildman–Crippen LogP) is 4.44. The van der Waals surface area contributed by atoms with Crippen molar-refractivity contribution >= 4 is 28.9 Å². The molecule has 6 heteroatoms. The molecule has 0 saturated heterocycles. The third kappa shape index (κ3) is 3.97. The topological polar surface area (TPSA) is 46.5 Å². The van der Waals surface area contributed by atoms with E-state index < -0.39 is 5.60 Å². The highest BCUT2D eigenvalue weighted by atomic mass is 32.2. The summed E-state index contributed by atoms with van der Waals surface area (Å²) in [4.78, 5) is 12.5. The molecule has 3 nitrogen and oxygen atoms in total. The number of thiophene rings is 1. The zero-order chi connectivity index (χ0) is 17.9. The number of hydrogen-bond donors (Lipinski definition) is 1. The number of hydrogen-bond acceptors (Lipinski definition) is 5. The zero-order valence-electron chi connectivity index (χ0n) is 13.8. The SMILES string of the molecule is CC1(c2ccc(F)cc2)OC(CC(SCCO)c2ccsc2)=CC1=O. The predicted molar refractivity (Wildman–Crippen MR) is 99.1 cm³/mol. The Morgan fingerprint density at radius 2 is 2.08 bits per heavy atom. The quantitative estimate of drug-likeness (QED) is 0.774. The van der Waals surface area contributed by atoms with Crippen molar-refractivity contribution in [3.05, 3.63) is 69.9 Å². The fourth-order valence-corrected chi connectivity index (χ4v) is 4.62. The van der Waals surface area contributed by atoms with Crippen LogP contribution in [0.3, 0.4) is 0 Å². The van der Waals surface area contributed by atoms with Crippen molar-refractivity contribution in [2.75, 3.05) is 12.4 Å². The van der Waals surface area contributed by atoms with Crippen molar-refractivity contribution in [3.63, 3.8) is 0 Å². The highest BCUT2D eigenvalue weighted by Crippen LogP contribution is 2.42. The Kier molecular flexibility index (Phi) is 5.61. The van der Waals surface area contributed by atoms with E-state index in [4.69, 9.17) is 9.84 Å². The average molecular weight is 378 g/mol. The molecule has 0 spiro atoms. The number of benzene rings is 1. The molecule has 0 saturated carbocycles. The average Bonchev–Trinajstić information content (AvgIpc) is 3.21. The second-order valence-electron chi connectivity index (χ2n) is 5.96. The number of carbonyl (C=O) groups is 1. The van der Waals surface area contributed by atoms with E-state index in [2.05, 4.69) is 11.4 Å². The van der Waals surface area contributed by atoms with Gasteiger partial charge in [-0.15, -0.1) is 0 Å². The number of thioether (sulfide) groups is 1. The number of carbonyl (C=O) groups excluding carboxylic acids is 1. The van der Waals surface area contributed by atoms with Gasteiger partial charge in [0.2, 0.25) is 5.78 Å². The number of ether oxygens (including phenoxy) is 1. The van der Waals surface area contributed by atoms with Crippen LogP contribution in [0.15, 0.2) is 52.9 Å². The van der Waals surface area contributed by atoms with Gasteiger partial charge in [-0.05, 0) is 41.4 Å². The van der Waals surface area contributed by atoms with E-state index in [1.165, 1.54) is 12.1 Å². The lowest BCUT2D eigenvalue weighted by molar-refractivity contribution is -0.129. The summed E-state index contributed by atoms with van der Waals surface area (Å²) in [5.74, 6) is 0.768. The monoisotopic (exact) mass is 378 g/mol. The Morgan fingerprint density at radius 1 is 1.32 bits per heavy atom. The van der Waals surface area contributed by atoms with Crippen LogP contribution < -0.4 is 0 Å². The van der Waals surface area contributed by atoms with Crippen molar-refractivity contribution in [2.45, 2.75) is 24.2 Å². The first-order chi connectivity index (χ1) is 12.0. The van der Waals surface area contributed by atoms with Crippen molar-refractivity contribution in [2.24, 2.45) is 0 Å². The molecule has 2 atom stereocenters. The summed E-state index contributed by atoms with van der Waals surface area (Å²) < 4.78 is 19.2. The summed E-state index contributed by atoms with van der Waals surface area (Å²) >= 11 is 3.26. The van der Waals surface area contributed by atoms with Gasteiger partial charge in [0.05, 0.1) is 6.61 Å². The highest BCUT2D eigenvalue weighted by molar-refractivity contribution is 7.99. The number of aliphatic hydroxyl groups excluding tert-OH is 1. The molecule has 1 N–H and O–H groups in total. The first kappa shape index (κ1) is 18.2. The van der Waals surface area contributed by atoms with E-state index in [0.717, 1.165) is 5.56 Å². The third-order valence-corrected chi connectivity index (χ3v) is 6.17. The lowest BCUT2D eigenvalue weighted by Gasteiger charge is -2.25. The molecular formula is C19H19FO3S2. The molecular weight excluding hydrogens is 359 g/mol. The third-order valence-electron chi connectivity index (χ3n) is 4.20. The molecule has 2 aromatic rings. The van der Waals surface area contributed by atoms with Crippen LogP contribution in [0.5, 0.6) is 0 Å². The fraction of sp³-hybridized carbons (Fsp3) is 0.316. The second kappa shape index (κ2) is 7.72. The molecule has 0 aliphatic carbocycles. The van der Waals surface area contributed by atoms with Gasteiger partial charge in [-0.3, -0.25) is 4.79 Å². The van der Waals surface area contributed by atoms with Gasteiger partial charge in [-0.2, -0.15) is 23.1 Å². The van der Waals surface area contributed by atoms with E-state index in [-0.39, 0.29) is 23.5 Å². The van der Waals surface area contributed by atoms with E-state index in [0.29, 0.717) is 23.5 Å². The van der Waals surface area contributed by atoms with Gasteiger partial charge in [0.15, 0.2) is 5.60 Å². The number of halogens is 1. The smallest absolute Gasteiger partial charge is 0.206 e. The van der Waals surface area contributed by atoms with Crippen LogP contribution in [0, 0.1) is 5.82 Å². The van der Waals surface area contributed by atoms with E-state index in [1.54, 1.807) is 48.2 Å². The molecule has 1 aromatic heterocycles. The largest absolute Gasteiger partial charge is 0.479 e. The number of allylic oxidation sites excluding steroid dienone is 1. The van der Waals surface area contributed by atoms with Gasteiger partial charge in [0, 0.05) is 29.1 Å². The van der Waals surface area contributed by atoms with Crippen LogP contribution >= 0.6 is 23.1 Å². The minimum atomic E-state index is -1.11. The van der Waals surface area contributed by atoms with Crippen LogP contribution in [0.1, 0.15) is 29.7 Å². The molecule has 0 radical (unpaired) electrons. The van der Waals surface area contributed by atoms with Crippen molar-refractivity contribution in [1.29, 1.82) is 0 Å². The standard InChI is InChI=1S/C19H19FO3S2/c1-19(14-2-4-15(20)5-3-14)18(22)11-16(23-19)10-17(25-9-7-21)13-6-8-24-12-13/h2-6,8,11-12,17,21H,7,9-10H2,1H3.